The van der Waals surface area contributed by atoms with Crippen LogP contribution in [0.15, 0.2) is 59.4 Å². The number of benzene rings is 2. The molecule has 7 heteroatoms. The van der Waals surface area contributed by atoms with Crippen molar-refractivity contribution in [3.8, 4) is 0 Å². The molecular weight excluding hydrogens is 388 g/mol. The number of aryl methyl sites for hydroxylation is 1. The SMILES string of the molecule is Cc1ccc2[nH]c(=O)c(CN(Cc3ccccc3)Cc3nnnn3C(C)(C)C)cc2c1. The normalized spacial score (nSPS) is 12.0. The molecule has 0 radical (unpaired) electrons. The first-order valence-corrected chi connectivity index (χ1v) is 10.5. The highest BCUT2D eigenvalue weighted by atomic mass is 16.1. The van der Waals surface area contributed by atoms with E-state index in [0.29, 0.717) is 19.6 Å². The topological polar surface area (TPSA) is 79.7 Å². The molecule has 31 heavy (non-hydrogen) atoms. The van der Waals surface area contributed by atoms with E-state index in [-0.39, 0.29) is 11.1 Å². The Morgan fingerprint density at radius 3 is 2.52 bits per heavy atom. The average Bonchev–Trinajstić information content (AvgIpc) is 3.18. The monoisotopic (exact) mass is 416 g/mol. The Labute approximate surface area is 181 Å². The number of hydrogen-bond donors (Lipinski definition) is 1. The van der Waals surface area contributed by atoms with Gasteiger partial charge in [0, 0.05) is 24.2 Å². The molecule has 2 heterocycles. The van der Waals surface area contributed by atoms with Crippen LogP contribution in [0.2, 0.25) is 0 Å². The smallest absolute Gasteiger partial charge is 0.252 e. The molecule has 0 aliphatic heterocycles. The first-order chi connectivity index (χ1) is 14.8. The van der Waals surface area contributed by atoms with Crippen LogP contribution in [0.5, 0.6) is 0 Å². The first-order valence-electron chi connectivity index (χ1n) is 10.5. The van der Waals surface area contributed by atoms with E-state index in [1.165, 1.54) is 5.56 Å². The van der Waals surface area contributed by atoms with E-state index < -0.39 is 0 Å². The van der Waals surface area contributed by atoms with Crippen molar-refractivity contribution in [2.75, 3.05) is 0 Å². The molecule has 2 aromatic carbocycles. The second-order valence-corrected chi connectivity index (χ2v) is 9.02. The Morgan fingerprint density at radius 1 is 1.00 bits per heavy atom. The van der Waals surface area contributed by atoms with Crippen molar-refractivity contribution in [1.29, 1.82) is 0 Å². The third-order valence-corrected chi connectivity index (χ3v) is 5.25. The lowest BCUT2D eigenvalue weighted by molar-refractivity contribution is 0.223. The van der Waals surface area contributed by atoms with Crippen LogP contribution in [0.1, 0.15) is 43.3 Å². The summed E-state index contributed by atoms with van der Waals surface area (Å²) in [6, 6.07) is 18.3. The maximum atomic E-state index is 12.8. The Balaban J connectivity index is 1.68. The van der Waals surface area contributed by atoms with E-state index in [1.807, 2.05) is 41.1 Å². The van der Waals surface area contributed by atoms with Gasteiger partial charge in [-0.3, -0.25) is 9.69 Å². The molecule has 2 aromatic heterocycles. The number of tetrazole rings is 1. The summed E-state index contributed by atoms with van der Waals surface area (Å²) in [5.74, 6) is 0.775. The molecule has 0 saturated heterocycles. The van der Waals surface area contributed by atoms with Gasteiger partial charge in [0.25, 0.3) is 5.56 Å². The molecule has 0 fully saturated rings. The highest BCUT2D eigenvalue weighted by Gasteiger charge is 2.22. The summed E-state index contributed by atoms with van der Waals surface area (Å²) in [7, 11) is 0. The van der Waals surface area contributed by atoms with Gasteiger partial charge < -0.3 is 4.98 Å². The summed E-state index contributed by atoms with van der Waals surface area (Å²) in [5, 5.41) is 13.4. The number of H-pyrrole nitrogens is 1. The second kappa shape index (κ2) is 8.43. The predicted molar refractivity (Wildman–Crippen MR) is 122 cm³/mol. The summed E-state index contributed by atoms with van der Waals surface area (Å²) < 4.78 is 1.85. The second-order valence-electron chi connectivity index (χ2n) is 9.02. The molecule has 1 N–H and O–H groups in total. The van der Waals surface area contributed by atoms with Gasteiger partial charge in [-0.25, -0.2) is 4.68 Å². The molecule has 0 spiro atoms. The van der Waals surface area contributed by atoms with Crippen LogP contribution in [-0.4, -0.2) is 30.1 Å². The van der Waals surface area contributed by atoms with Gasteiger partial charge in [0.15, 0.2) is 5.82 Å². The number of fused-ring (bicyclic) bond motifs is 1. The molecule has 0 amide bonds. The van der Waals surface area contributed by atoms with Crippen LogP contribution < -0.4 is 5.56 Å². The fraction of sp³-hybridized carbons (Fsp3) is 0.333. The molecule has 0 atom stereocenters. The highest BCUT2D eigenvalue weighted by molar-refractivity contribution is 5.79. The quantitative estimate of drug-likeness (QED) is 0.517. The maximum Gasteiger partial charge on any atom is 0.252 e. The first kappa shape index (κ1) is 20.9. The zero-order valence-corrected chi connectivity index (χ0v) is 18.5. The van der Waals surface area contributed by atoms with Gasteiger partial charge in [-0.1, -0.05) is 42.0 Å². The van der Waals surface area contributed by atoms with Crippen molar-refractivity contribution in [1.82, 2.24) is 30.1 Å². The average molecular weight is 417 g/mol. The fourth-order valence-corrected chi connectivity index (χ4v) is 3.76. The van der Waals surface area contributed by atoms with Crippen LogP contribution >= 0.6 is 0 Å². The van der Waals surface area contributed by atoms with E-state index in [2.05, 4.69) is 71.3 Å². The number of aromatic amines is 1. The third kappa shape index (κ3) is 4.88. The van der Waals surface area contributed by atoms with Crippen molar-refractivity contribution in [2.45, 2.75) is 52.9 Å². The van der Waals surface area contributed by atoms with Gasteiger partial charge in [-0.05, 0) is 67.3 Å². The summed E-state index contributed by atoms with van der Waals surface area (Å²) in [4.78, 5) is 18.0. The van der Waals surface area contributed by atoms with E-state index in [9.17, 15) is 4.79 Å². The summed E-state index contributed by atoms with van der Waals surface area (Å²) in [5.41, 5.74) is 3.62. The number of aromatic nitrogens is 5. The van der Waals surface area contributed by atoms with Crippen molar-refractivity contribution < 1.29 is 0 Å². The van der Waals surface area contributed by atoms with Crippen LogP contribution in [-0.2, 0) is 25.2 Å². The Hall–Kier alpha value is -3.32. The molecule has 0 bridgehead atoms. The minimum atomic E-state index is -0.227. The number of rotatable bonds is 6. The van der Waals surface area contributed by atoms with Gasteiger partial charge in [-0.2, -0.15) is 0 Å². The summed E-state index contributed by atoms with van der Waals surface area (Å²) in [6.07, 6.45) is 0. The van der Waals surface area contributed by atoms with Crippen molar-refractivity contribution >= 4 is 10.9 Å². The van der Waals surface area contributed by atoms with Gasteiger partial charge in [-0.15, -0.1) is 5.10 Å². The molecule has 0 saturated carbocycles. The number of nitrogens with zero attached hydrogens (tertiary/aromatic N) is 5. The molecule has 4 aromatic rings. The molecular formula is C24H28N6O. The molecule has 4 rings (SSSR count). The lowest BCUT2D eigenvalue weighted by Gasteiger charge is -2.25. The largest absolute Gasteiger partial charge is 0.322 e. The van der Waals surface area contributed by atoms with E-state index in [0.717, 1.165) is 27.9 Å². The zero-order valence-electron chi connectivity index (χ0n) is 18.5. The zero-order chi connectivity index (χ0) is 22.0. The summed E-state index contributed by atoms with van der Waals surface area (Å²) >= 11 is 0. The maximum absolute atomic E-state index is 12.8. The van der Waals surface area contributed by atoms with E-state index in [1.54, 1.807) is 0 Å². The van der Waals surface area contributed by atoms with E-state index in [4.69, 9.17) is 0 Å². The van der Waals surface area contributed by atoms with Crippen LogP contribution in [0.4, 0.5) is 0 Å². The molecule has 0 aliphatic carbocycles. The van der Waals surface area contributed by atoms with Crippen LogP contribution in [0.25, 0.3) is 10.9 Å². The number of nitrogens with one attached hydrogen (secondary N) is 1. The third-order valence-electron chi connectivity index (χ3n) is 5.25. The van der Waals surface area contributed by atoms with Gasteiger partial charge in [0.05, 0.1) is 12.1 Å². The van der Waals surface area contributed by atoms with Crippen LogP contribution in [0, 0.1) is 6.92 Å². The van der Waals surface area contributed by atoms with Crippen molar-refractivity contribution in [3.63, 3.8) is 0 Å². The number of pyridine rings is 1. The Bertz CT molecular complexity index is 1240. The van der Waals surface area contributed by atoms with Gasteiger partial charge in [0.1, 0.15) is 0 Å². The van der Waals surface area contributed by atoms with Crippen molar-refractivity contribution in [3.05, 3.63) is 87.5 Å². The van der Waals surface area contributed by atoms with Gasteiger partial charge >= 0.3 is 0 Å². The molecule has 0 aliphatic rings. The van der Waals surface area contributed by atoms with Crippen LogP contribution in [0.3, 0.4) is 0 Å². The van der Waals surface area contributed by atoms with Crippen molar-refractivity contribution in [2.24, 2.45) is 0 Å². The molecule has 160 valence electrons. The van der Waals surface area contributed by atoms with E-state index >= 15 is 0 Å². The minimum Gasteiger partial charge on any atom is -0.322 e. The Morgan fingerprint density at radius 2 is 1.77 bits per heavy atom. The lowest BCUT2D eigenvalue weighted by atomic mass is 10.1. The number of hydrogen-bond acceptors (Lipinski definition) is 5. The standard InChI is InChI=1S/C24H28N6O/c1-17-10-11-21-19(12-17)13-20(23(31)25-21)15-29(14-18-8-6-5-7-9-18)16-22-26-27-28-30(22)24(2,3)4/h5-13H,14-16H2,1-4H3,(H,25,31). The highest BCUT2D eigenvalue weighted by Crippen LogP contribution is 2.18. The Kier molecular flexibility index (Phi) is 5.69. The summed E-state index contributed by atoms with van der Waals surface area (Å²) in [6.45, 7) is 9.98. The fourth-order valence-electron chi connectivity index (χ4n) is 3.76. The minimum absolute atomic E-state index is 0.0650. The predicted octanol–water partition coefficient (Wildman–Crippen LogP) is 3.78. The molecule has 7 nitrogen and oxygen atoms in total. The lowest BCUT2D eigenvalue weighted by Crippen LogP contribution is -2.31. The molecule has 0 unspecified atom stereocenters. The van der Waals surface area contributed by atoms with Gasteiger partial charge in [0.2, 0.25) is 0 Å².